The molecule has 0 saturated heterocycles. The van der Waals surface area contributed by atoms with Crippen LogP contribution in [0, 0.1) is 0 Å². The normalized spacial score (nSPS) is 10.4. The van der Waals surface area contributed by atoms with Crippen molar-refractivity contribution in [3.8, 4) is 0 Å². The summed E-state index contributed by atoms with van der Waals surface area (Å²) in [6.45, 7) is 0. The number of aromatic nitrogens is 3. The van der Waals surface area contributed by atoms with Gasteiger partial charge in [0.2, 0.25) is 0 Å². The number of benzene rings is 1. The Kier molecular flexibility index (Phi) is 2.63. The highest BCUT2D eigenvalue weighted by Crippen LogP contribution is 2.18. The third-order valence-electron chi connectivity index (χ3n) is 2.11. The van der Waals surface area contributed by atoms with Crippen molar-refractivity contribution in [3.05, 3.63) is 46.5 Å². The highest BCUT2D eigenvalue weighted by atomic mass is 79.9. The summed E-state index contributed by atoms with van der Waals surface area (Å²) in [6, 6.07) is 8.14. The van der Waals surface area contributed by atoms with E-state index in [9.17, 15) is 0 Å². The molecule has 1 heterocycles. The molecule has 14 heavy (non-hydrogen) atoms. The molecule has 0 saturated carbocycles. The quantitative estimate of drug-likeness (QED) is 0.820. The summed E-state index contributed by atoms with van der Waals surface area (Å²) in [4.78, 5) is 4.18. The van der Waals surface area contributed by atoms with Crippen molar-refractivity contribution >= 4 is 15.9 Å². The van der Waals surface area contributed by atoms with Crippen molar-refractivity contribution in [2.75, 3.05) is 0 Å². The Balaban J connectivity index is 2.28. The van der Waals surface area contributed by atoms with E-state index < -0.39 is 0 Å². The van der Waals surface area contributed by atoms with Crippen molar-refractivity contribution in [2.45, 2.75) is 6.42 Å². The standard InChI is InChI=1S/C10H10BrN3/c1-14-10(12-7-13-14)6-8-4-2-3-5-9(8)11/h2-5,7H,6H2,1H3. The van der Waals surface area contributed by atoms with Gasteiger partial charge < -0.3 is 0 Å². The maximum atomic E-state index is 4.18. The third kappa shape index (κ3) is 1.85. The van der Waals surface area contributed by atoms with Crippen LogP contribution in [0.2, 0.25) is 0 Å². The first-order valence-electron chi connectivity index (χ1n) is 4.33. The van der Waals surface area contributed by atoms with Crippen LogP contribution in [0.25, 0.3) is 0 Å². The summed E-state index contributed by atoms with van der Waals surface area (Å²) >= 11 is 3.51. The van der Waals surface area contributed by atoms with Gasteiger partial charge in [-0.15, -0.1) is 0 Å². The van der Waals surface area contributed by atoms with Gasteiger partial charge in [0.25, 0.3) is 0 Å². The van der Waals surface area contributed by atoms with E-state index in [1.54, 1.807) is 11.0 Å². The van der Waals surface area contributed by atoms with Gasteiger partial charge >= 0.3 is 0 Å². The monoisotopic (exact) mass is 251 g/mol. The van der Waals surface area contributed by atoms with Gasteiger partial charge in [-0.2, -0.15) is 5.10 Å². The minimum atomic E-state index is 0.803. The molecule has 0 amide bonds. The molecule has 0 aliphatic rings. The van der Waals surface area contributed by atoms with Gasteiger partial charge in [0.15, 0.2) is 0 Å². The molecule has 2 aromatic rings. The van der Waals surface area contributed by atoms with Gasteiger partial charge in [0.05, 0.1) is 0 Å². The maximum absolute atomic E-state index is 4.18. The first-order chi connectivity index (χ1) is 6.77. The van der Waals surface area contributed by atoms with Crippen molar-refractivity contribution in [1.82, 2.24) is 14.8 Å². The fourth-order valence-electron chi connectivity index (χ4n) is 1.29. The SMILES string of the molecule is Cn1ncnc1Cc1ccccc1Br. The molecule has 0 spiro atoms. The molecule has 3 nitrogen and oxygen atoms in total. The van der Waals surface area contributed by atoms with Crippen LogP contribution in [0.5, 0.6) is 0 Å². The first-order valence-corrected chi connectivity index (χ1v) is 5.13. The smallest absolute Gasteiger partial charge is 0.138 e. The van der Waals surface area contributed by atoms with E-state index >= 15 is 0 Å². The van der Waals surface area contributed by atoms with Crippen molar-refractivity contribution in [1.29, 1.82) is 0 Å². The van der Waals surface area contributed by atoms with Crippen LogP contribution in [-0.2, 0) is 13.5 Å². The lowest BCUT2D eigenvalue weighted by Crippen LogP contribution is -2.00. The van der Waals surface area contributed by atoms with E-state index in [0.29, 0.717) is 0 Å². The van der Waals surface area contributed by atoms with E-state index in [1.807, 2.05) is 25.2 Å². The number of hydrogen-bond acceptors (Lipinski definition) is 2. The lowest BCUT2D eigenvalue weighted by molar-refractivity contribution is 0.716. The predicted molar refractivity (Wildman–Crippen MR) is 58.0 cm³/mol. The highest BCUT2D eigenvalue weighted by Gasteiger charge is 2.04. The van der Waals surface area contributed by atoms with E-state index in [0.717, 1.165) is 16.7 Å². The minimum Gasteiger partial charge on any atom is -0.253 e. The minimum absolute atomic E-state index is 0.803. The Labute approximate surface area is 90.9 Å². The van der Waals surface area contributed by atoms with Crippen molar-refractivity contribution < 1.29 is 0 Å². The Hall–Kier alpha value is -1.16. The van der Waals surface area contributed by atoms with Crippen LogP contribution < -0.4 is 0 Å². The van der Waals surface area contributed by atoms with Crippen LogP contribution in [0.3, 0.4) is 0 Å². The van der Waals surface area contributed by atoms with Crippen LogP contribution in [0.4, 0.5) is 0 Å². The summed E-state index contributed by atoms with van der Waals surface area (Å²) in [6.07, 6.45) is 2.38. The Bertz CT molecular complexity index is 436. The summed E-state index contributed by atoms with van der Waals surface area (Å²) in [5, 5.41) is 4.03. The number of hydrogen-bond donors (Lipinski definition) is 0. The molecule has 4 heteroatoms. The largest absolute Gasteiger partial charge is 0.253 e. The van der Waals surface area contributed by atoms with E-state index in [1.165, 1.54) is 5.56 Å². The molecule has 0 aliphatic heterocycles. The molecule has 72 valence electrons. The zero-order valence-electron chi connectivity index (χ0n) is 7.81. The van der Waals surface area contributed by atoms with Gasteiger partial charge in [-0.25, -0.2) is 4.98 Å². The number of nitrogens with zero attached hydrogens (tertiary/aromatic N) is 3. The fraction of sp³-hybridized carbons (Fsp3) is 0.200. The molecule has 1 aromatic heterocycles. The second kappa shape index (κ2) is 3.92. The van der Waals surface area contributed by atoms with E-state index in [4.69, 9.17) is 0 Å². The lowest BCUT2D eigenvalue weighted by Gasteiger charge is -2.02. The lowest BCUT2D eigenvalue weighted by atomic mass is 10.1. The number of aryl methyl sites for hydroxylation is 1. The van der Waals surface area contributed by atoms with Crippen molar-refractivity contribution in [3.63, 3.8) is 0 Å². The first kappa shape index (κ1) is 9.40. The molecule has 2 rings (SSSR count). The van der Waals surface area contributed by atoms with Crippen LogP contribution in [-0.4, -0.2) is 14.8 Å². The van der Waals surface area contributed by atoms with Gasteiger partial charge in [-0.05, 0) is 11.6 Å². The average Bonchev–Trinajstić information content (AvgIpc) is 2.56. The van der Waals surface area contributed by atoms with E-state index in [-0.39, 0.29) is 0 Å². The zero-order valence-corrected chi connectivity index (χ0v) is 9.40. The summed E-state index contributed by atoms with van der Waals surface area (Å²) in [5.74, 6) is 0.969. The molecule has 0 atom stereocenters. The second-order valence-corrected chi connectivity index (χ2v) is 3.92. The Morgan fingerprint density at radius 3 is 2.79 bits per heavy atom. The number of halogens is 1. The summed E-state index contributed by atoms with van der Waals surface area (Å²) in [5.41, 5.74) is 1.23. The number of rotatable bonds is 2. The molecule has 1 aromatic carbocycles. The Morgan fingerprint density at radius 1 is 1.36 bits per heavy atom. The molecule has 0 fully saturated rings. The van der Waals surface area contributed by atoms with Crippen LogP contribution in [0.1, 0.15) is 11.4 Å². The van der Waals surface area contributed by atoms with Crippen molar-refractivity contribution in [2.24, 2.45) is 7.05 Å². The third-order valence-corrected chi connectivity index (χ3v) is 2.89. The molecular weight excluding hydrogens is 242 g/mol. The molecule has 0 aliphatic carbocycles. The van der Waals surface area contributed by atoms with Gasteiger partial charge in [0.1, 0.15) is 12.2 Å². The average molecular weight is 252 g/mol. The molecule has 0 N–H and O–H groups in total. The molecule has 0 bridgehead atoms. The maximum Gasteiger partial charge on any atom is 0.138 e. The zero-order chi connectivity index (χ0) is 9.97. The van der Waals surface area contributed by atoms with Crippen LogP contribution in [0.15, 0.2) is 35.1 Å². The van der Waals surface area contributed by atoms with Gasteiger partial charge in [0, 0.05) is 17.9 Å². The highest BCUT2D eigenvalue weighted by molar-refractivity contribution is 9.10. The Morgan fingerprint density at radius 2 is 2.14 bits per heavy atom. The molecule has 0 radical (unpaired) electrons. The van der Waals surface area contributed by atoms with Gasteiger partial charge in [-0.1, -0.05) is 34.1 Å². The van der Waals surface area contributed by atoms with Crippen LogP contribution >= 0.6 is 15.9 Å². The summed E-state index contributed by atoms with van der Waals surface area (Å²) < 4.78 is 2.90. The topological polar surface area (TPSA) is 30.7 Å². The molecule has 0 unspecified atom stereocenters. The predicted octanol–water partition coefficient (Wildman–Crippen LogP) is 2.17. The van der Waals surface area contributed by atoms with E-state index in [2.05, 4.69) is 32.1 Å². The fourth-order valence-corrected chi connectivity index (χ4v) is 1.72. The molecular formula is C10H10BrN3. The summed E-state index contributed by atoms with van der Waals surface area (Å²) in [7, 11) is 1.90. The second-order valence-electron chi connectivity index (χ2n) is 3.07. The van der Waals surface area contributed by atoms with Gasteiger partial charge in [-0.3, -0.25) is 4.68 Å².